The fourth-order valence-corrected chi connectivity index (χ4v) is 2.40. The maximum Gasteiger partial charge on any atom is 0.244 e. The van der Waals surface area contributed by atoms with Gasteiger partial charge < -0.3 is 10.2 Å². The number of nitrogens with zero attached hydrogens (tertiary/aromatic N) is 1. The van der Waals surface area contributed by atoms with Gasteiger partial charge in [-0.2, -0.15) is 0 Å². The molecule has 0 unspecified atom stereocenters. The Morgan fingerprint density at radius 1 is 1.04 bits per heavy atom. The number of hydrogen-bond donors (Lipinski definition) is 1. The molecule has 0 aliphatic heterocycles. The molecule has 0 fully saturated rings. The predicted octanol–water partition coefficient (Wildman–Crippen LogP) is 3.60. The molecule has 2 amide bonds. The molecular weight excluding hydrogens is 288 g/mol. The van der Waals surface area contributed by atoms with E-state index in [-0.39, 0.29) is 18.4 Å². The van der Waals surface area contributed by atoms with Crippen molar-refractivity contribution in [2.75, 3.05) is 16.8 Å². The molecule has 0 aromatic heterocycles. The minimum absolute atomic E-state index is 0.00777. The monoisotopic (exact) mass is 310 g/mol. The lowest BCUT2D eigenvalue weighted by Crippen LogP contribution is -2.36. The maximum absolute atomic E-state index is 12.3. The van der Waals surface area contributed by atoms with Gasteiger partial charge in [0.25, 0.3) is 0 Å². The first kappa shape index (κ1) is 16.7. The molecule has 0 aliphatic carbocycles. The number of carbonyl (C=O) groups is 2. The Morgan fingerprint density at radius 3 is 2.39 bits per heavy atom. The van der Waals surface area contributed by atoms with Gasteiger partial charge in [0, 0.05) is 18.3 Å². The van der Waals surface area contributed by atoms with Gasteiger partial charge in [0.1, 0.15) is 6.54 Å². The summed E-state index contributed by atoms with van der Waals surface area (Å²) in [5.41, 5.74) is 4.70. The molecule has 120 valence electrons. The number of aryl methyl sites for hydroxylation is 2. The molecule has 0 saturated heterocycles. The summed E-state index contributed by atoms with van der Waals surface area (Å²) in [4.78, 5) is 25.7. The van der Waals surface area contributed by atoms with E-state index < -0.39 is 0 Å². The van der Waals surface area contributed by atoms with Crippen LogP contribution in [0.1, 0.15) is 23.6 Å². The first-order chi connectivity index (χ1) is 10.9. The molecule has 2 aromatic rings. The van der Waals surface area contributed by atoms with E-state index in [2.05, 4.69) is 5.32 Å². The van der Waals surface area contributed by atoms with Crippen molar-refractivity contribution in [1.82, 2.24) is 0 Å². The van der Waals surface area contributed by atoms with Crippen LogP contribution in [0.4, 0.5) is 11.4 Å². The van der Waals surface area contributed by atoms with Crippen LogP contribution in [0.5, 0.6) is 0 Å². The molecule has 2 rings (SSSR count). The zero-order valence-corrected chi connectivity index (χ0v) is 14.0. The number of amides is 2. The predicted molar refractivity (Wildman–Crippen MR) is 93.8 cm³/mol. The number of hydrogen-bond acceptors (Lipinski definition) is 2. The Hall–Kier alpha value is -2.62. The molecule has 2 aromatic carbocycles. The quantitative estimate of drug-likeness (QED) is 0.938. The topological polar surface area (TPSA) is 49.4 Å². The lowest BCUT2D eigenvalue weighted by Gasteiger charge is -2.21. The van der Waals surface area contributed by atoms with Crippen molar-refractivity contribution in [2.24, 2.45) is 0 Å². The molecule has 0 aliphatic rings. The second-order valence-corrected chi connectivity index (χ2v) is 5.74. The number of benzene rings is 2. The van der Waals surface area contributed by atoms with Crippen molar-refractivity contribution in [2.45, 2.75) is 27.7 Å². The van der Waals surface area contributed by atoms with Gasteiger partial charge in [-0.3, -0.25) is 9.59 Å². The average molecular weight is 310 g/mol. The van der Waals surface area contributed by atoms with Gasteiger partial charge >= 0.3 is 0 Å². The van der Waals surface area contributed by atoms with E-state index in [9.17, 15) is 9.59 Å². The molecule has 0 radical (unpaired) electrons. The fraction of sp³-hybridized carbons (Fsp3) is 0.263. The van der Waals surface area contributed by atoms with Crippen LogP contribution >= 0.6 is 0 Å². The lowest BCUT2D eigenvalue weighted by molar-refractivity contribution is -0.120. The average Bonchev–Trinajstić information content (AvgIpc) is 2.49. The van der Waals surface area contributed by atoms with E-state index in [0.29, 0.717) is 0 Å². The number of carbonyl (C=O) groups excluding carboxylic acids is 2. The van der Waals surface area contributed by atoms with Crippen LogP contribution in [0.25, 0.3) is 0 Å². The number of anilines is 2. The van der Waals surface area contributed by atoms with Crippen molar-refractivity contribution < 1.29 is 9.59 Å². The SMILES string of the molecule is CC(=O)N(CC(=O)Nc1cccc(C)c1C)c1cccc(C)c1. The third-order valence-corrected chi connectivity index (χ3v) is 3.87. The van der Waals surface area contributed by atoms with Gasteiger partial charge in [0.15, 0.2) is 0 Å². The minimum atomic E-state index is -0.213. The summed E-state index contributed by atoms with van der Waals surface area (Å²) in [6.45, 7) is 7.38. The molecule has 0 heterocycles. The van der Waals surface area contributed by atoms with E-state index in [1.54, 1.807) is 0 Å². The largest absolute Gasteiger partial charge is 0.324 e. The highest BCUT2D eigenvalue weighted by atomic mass is 16.2. The summed E-state index contributed by atoms with van der Waals surface area (Å²) in [6, 6.07) is 13.3. The Bertz CT molecular complexity index is 738. The van der Waals surface area contributed by atoms with Crippen molar-refractivity contribution >= 4 is 23.2 Å². The van der Waals surface area contributed by atoms with Crippen LogP contribution in [0, 0.1) is 20.8 Å². The normalized spacial score (nSPS) is 10.3. The minimum Gasteiger partial charge on any atom is -0.324 e. The lowest BCUT2D eigenvalue weighted by atomic mass is 10.1. The third-order valence-electron chi connectivity index (χ3n) is 3.87. The molecule has 4 nitrogen and oxygen atoms in total. The van der Waals surface area contributed by atoms with E-state index in [4.69, 9.17) is 0 Å². The highest BCUT2D eigenvalue weighted by Crippen LogP contribution is 2.19. The molecule has 0 atom stereocenters. The van der Waals surface area contributed by atoms with E-state index >= 15 is 0 Å². The Morgan fingerprint density at radius 2 is 1.74 bits per heavy atom. The third kappa shape index (κ3) is 4.19. The number of nitrogens with one attached hydrogen (secondary N) is 1. The molecule has 0 bridgehead atoms. The van der Waals surface area contributed by atoms with Crippen molar-refractivity contribution in [1.29, 1.82) is 0 Å². The van der Waals surface area contributed by atoms with Crippen LogP contribution < -0.4 is 10.2 Å². The smallest absolute Gasteiger partial charge is 0.244 e. The van der Waals surface area contributed by atoms with E-state index in [0.717, 1.165) is 28.1 Å². The summed E-state index contributed by atoms with van der Waals surface area (Å²) < 4.78 is 0. The standard InChI is InChI=1S/C19H22N2O2/c1-13-7-5-9-17(11-13)21(16(4)22)12-19(23)20-18-10-6-8-14(2)15(18)3/h5-11H,12H2,1-4H3,(H,20,23). The van der Waals surface area contributed by atoms with Crippen molar-refractivity contribution in [3.8, 4) is 0 Å². The Kier molecular flexibility index (Phi) is 5.16. The van der Waals surface area contributed by atoms with Crippen LogP contribution in [0.3, 0.4) is 0 Å². The fourth-order valence-electron chi connectivity index (χ4n) is 2.40. The Balaban J connectivity index is 2.16. The van der Waals surface area contributed by atoms with Gasteiger partial charge in [0.2, 0.25) is 11.8 Å². The van der Waals surface area contributed by atoms with Crippen molar-refractivity contribution in [3.63, 3.8) is 0 Å². The van der Waals surface area contributed by atoms with Crippen LogP contribution in [0.15, 0.2) is 42.5 Å². The van der Waals surface area contributed by atoms with Gasteiger partial charge in [0.05, 0.1) is 0 Å². The molecular formula is C19H22N2O2. The molecule has 1 N–H and O–H groups in total. The first-order valence-electron chi connectivity index (χ1n) is 7.59. The molecule has 23 heavy (non-hydrogen) atoms. The van der Waals surface area contributed by atoms with E-state index in [1.165, 1.54) is 11.8 Å². The molecule has 0 saturated carbocycles. The summed E-state index contributed by atoms with van der Waals surface area (Å²) in [5, 5.41) is 2.89. The summed E-state index contributed by atoms with van der Waals surface area (Å²) in [7, 11) is 0. The van der Waals surface area contributed by atoms with Gasteiger partial charge in [-0.15, -0.1) is 0 Å². The number of rotatable bonds is 4. The highest BCUT2D eigenvalue weighted by molar-refractivity contribution is 6.02. The summed E-state index contributed by atoms with van der Waals surface area (Å²) in [5.74, 6) is -0.373. The molecule has 4 heteroatoms. The highest BCUT2D eigenvalue weighted by Gasteiger charge is 2.16. The van der Waals surface area contributed by atoms with Crippen LogP contribution in [-0.2, 0) is 9.59 Å². The summed E-state index contributed by atoms with van der Waals surface area (Å²) >= 11 is 0. The summed E-state index contributed by atoms with van der Waals surface area (Å²) in [6.07, 6.45) is 0. The second-order valence-electron chi connectivity index (χ2n) is 5.74. The van der Waals surface area contributed by atoms with E-state index in [1.807, 2.05) is 63.2 Å². The Labute approximate surface area is 137 Å². The van der Waals surface area contributed by atoms with Gasteiger partial charge in [-0.05, 0) is 55.7 Å². The van der Waals surface area contributed by atoms with Crippen LogP contribution in [0.2, 0.25) is 0 Å². The van der Waals surface area contributed by atoms with Gasteiger partial charge in [-0.1, -0.05) is 24.3 Å². The van der Waals surface area contributed by atoms with Gasteiger partial charge in [-0.25, -0.2) is 0 Å². The molecule has 0 spiro atoms. The van der Waals surface area contributed by atoms with Crippen LogP contribution in [-0.4, -0.2) is 18.4 Å². The first-order valence-corrected chi connectivity index (χ1v) is 7.59. The zero-order chi connectivity index (χ0) is 17.0. The van der Waals surface area contributed by atoms with Crippen molar-refractivity contribution in [3.05, 3.63) is 59.2 Å². The maximum atomic E-state index is 12.3. The second kappa shape index (κ2) is 7.09. The zero-order valence-electron chi connectivity index (χ0n) is 14.0.